The van der Waals surface area contributed by atoms with Gasteiger partial charge in [0.05, 0.1) is 6.04 Å². The van der Waals surface area contributed by atoms with E-state index in [2.05, 4.69) is 30.4 Å². The Balaban J connectivity index is 2.27. The molecule has 2 unspecified atom stereocenters. The zero-order valence-corrected chi connectivity index (χ0v) is 13.7. The van der Waals surface area contributed by atoms with E-state index in [4.69, 9.17) is 5.73 Å². The first-order valence-electron chi connectivity index (χ1n) is 8.02. The minimum atomic E-state index is -0.352. The second kappa shape index (κ2) is 6.18. The third kappa shape index (κ3) is 3.65. The van der Waals surface area contributed by atoms with E-state index in [0.29, 0.717) is 0 Å². The van der Waals surface area contributed by atoms with Crippen molar-refractivity contribution < 1.29 is 4.79 Å². The summed E-state index contributed by atoms with van der Waals surface area (Å²) in [6.45, 7) is 7.96. The molecule has 1 amide bonds. The van der Waals surface area contributed by atoms with Crippen LogP contribution in [0.15, 0.2) is 18.2 Å². The van der Waals surface area contributed by atoms with Crippen molar-refractivity contribution in [1.82, 2.24) is 5.32 Å². The molecule has 0 fully saturated rings. The van der Waals surface area contributed by atoms with Gasteiger partial charge in [0, 0.05) is 11.5 Å². The Morgan fingerprint density at radius 3 is 2.76 bits per heavy atom. The van der Waals surface area contributed by atoms with E-state index >= 15 is 0 Å². The molecule has 2 rings (SSSR count). The smallest absolute Gasteiger partial charge is 0.225 e. The lowest BCUT2D eigenvalue weighted by atomic mass is 9.84. The molecule has 0 saturated heterocycles. The first-order valence-corrected chi connectivity index (χ1v) is 8.02. The second-order valence-corrected chi connectivity index (χ2v) is 7.14. The van der Waals surface area contributed by atoms with Crippen LogP contribution in [-0.2, 0) is 11.2 Å². The number of carbonyl (C=O) groups is 1. The van der Waals surface area contributed by atoms with Gasteiger partial charge in [-0.2, -0.15) is 0 Å². The highest BCUT2D eigenvalue weighted by Crippen LogP contribution is 2.32. The van der Waals surface area contributed by atoms with E-state index in [9.17, 15) is 4.79 Å². The van der Waals surface area contributed by atoms with Gasteiger partial charge in [0.25, 0.3) is 0 Å². The van der Waals surface area contributed by atoms with E-state index in [0.717, 1.165) is 25.7 Å². The normalized spacial score (nSPS) is 19.8. The van der Waals surface area contributed by atoms with Crippen molar-refractivity contribution >= 4 is 5.91 Å². The van der Waals surface area contributed by atoms with Crippen LogP contribution < -0.4 is 11.1 Å². The summed E-state index contributed by atoms with van der Waals surface area (Å²) >= 11 is 0. The van der Waals surface area contributed by atoms with Crippen LogP contribution in [0.25, 0.3) is 0 Å². The topological polar surface area (TPSA) is 55.1 Å². The lowest BCUT2D eigenvalue weighted by Crippen LogP contribution is -2.38. The summed E-state index contributed by atoms with van der Waals surface area (Å²) in [7, 11) is 0. The lowest BCUT2D eigenvalue weighted by molar-refractivity contribution is -0.129. The lowest BCUT2D eigenvalue weighted by Gasteiger charge is -2.30. The van der Waals surface area contributed by atoms with E-state index in [1.54, 1.807) is 0 Å². The molecule has 2 atom stereocenters. The first kappa shape index (κ1) is 16.0. The van der Waals surface area contributed by atoms with Crippen molar-refractivity contribution in [3.63, 3.8) is 0 Å². The summed E-state index contributed by atoms with van der Waals surface area (Å²) in [6, 6.07) is 6.74. The number of nitrogens with two attached hydrogens (primary N) is 1. The molecule has 0 heterocycles. The fraction of sp³-hybridized carbons (Fsp3) is 0.611. The molecule has 3 nitrogen and oxygen atoms in total. The minimum absolute atomic E-state index is 0.0798. The summed E-state index contributed by atoms with van der Waals surface area (Å²) in [6.07, 6.45) is 4.16. The molecule has 3 N–H and O–H groups in total. The van der Waals surface area contributed by atoms with Crippen LogP contribution in [0, 0.1) is 5.41 Å². The van der Waals surface area contributed by atoms with Crippen LogP contribution in [0.1, 0.15) is 75.7 Å². The average Bonchev–Trinajstić information content (AvgIpc) is 2.45. The van der Waals surface area contributed by atoms with Gasteiger partial charge >= 0.3 is 0 Å². The van der Waals surface area contributed by atoms with Gasteiger partial charge in [0.2, 0.25) is 5.91 Å². The van der Waals surface area contributed by atoms with Gasteiger partial charge in [-0.3, -0.25) is 4.79 Å². The Morgan fingerprint density at radius 1 is 1.43 bits per heavy atom. The molecular weight excluding hydrogens is 260 g/mol. The molecule has 0 aliphatic heterocycles. The van der Waals surface area contributed by atoms with Gasteiger partial charge in [-0.05, 0) is 42.4 Å². The number of hydrogen-bond donors (Lipinski definition) is 2. The number of amides is 1. The predicted octanol–water partition coefficient (Wildman–Crippen LogP) is 3.64. The fourth-order valence-corrected chi connectivity index (χ4v) is 2.81. The highest BCUT2D eigenvalue weighted by atomic mass is 16.2. The Hall–Kier alpha value is -1.35. The van der Waals surface area contributed by atoms with Crippen molar-refractivity contribution in [2.45, 2.75) is 65.5 Å². The highest BCUT2D eigenvalue weighted by molar-refractivity contribution is 5.81. The molecule has 1 aromatic rings. The maximum atomic E-state index is 12.3. The van der Waals surface area contributed by atoms with Gasteiger partial charge in [0.1, 0.15) is 0 Å². The van der Waals surface area contributed by atoms with Gasteiger partial charge < -0.3 is 11.1 Å². The predicted molar refractivity (Wildman–Crippen MR) is 86.9 cm³/mol. The summed E-state index contributed by atoms with van der Waals surface area (Å²) in [5, 5.41) is 3.22. The standard InChI is InChI=1S/C18H28N2O/c1-5-15(19)13-10-9-12-7-6-8-16(14(12)11-13)20-17(21)18(2,3)4/h9-11,15-16H,5-8,19H2,1-4H3,(H,20,21). The van der Waals surface area contributed by atoms with Crippen LogP contribution in [0.3, 0.4) is 0 Å². The number of rotatable bonds is 3. The van der Waals surface area contributed by atoms with Crippen LogP contribution in [0.2, 0.25) is 0 Å². The molecule has 1 aliphatic carbocycles. The molecule has 0 radical (unpaired) electrons. The molecule has 0 saturated carbocycles. The molecule has 21 heavy (non-hydrogen) atoms. The summed E-state index contributed by atoms with van der Waals surface area (Å²) in [5.74, 6) is 0.116. The van der Waals surface area contributed by atoms with Crippen molar-refractivity contribution in [3.8, 4) is 0 Å². The number of aryl methyl sites for hydroxylation is 1. The van der Waals surface area contributed by atoms with Crippen LogP contribution >= 0.6 is 0 Å². The van der Waals surface area contributed by atoms with E-state index in [1.807, 2.05) is 20.8 Å². The first-order chi connectivity index (χ1) is 9.82. The van der Waals surface area contributed by atoms with E-state index < -0.39 is 0 Å². The molecule has 1 aliphatic rings. The van der Waals surface area contributed by atoms with Crippen LogP contribution in [0.5, 0.6) is 0 Å². The van der Waals surface area contributed by atoms with E-state index in [-0.39, 0.29) is 23.4 Å². The second-order valence-electron chi connectivity index (χ2n) is 7.14. The molecular formula is C18H28N2O. The fourth-order valence-electron chi connectivity index (χ4n) is 2.81. The van der Waals surface area contributed by atoms with E-state index in [1.165, 1.54) is 16.7 Å². The minimum Gasteiger partial charge on any atom is -0.349 e. The van der Waals surface area contributed by atoms with Gasteiger partial charge in [-0.1, -0.05) is 45.9 Å². The third-order valence-corrected chi connectivity index (χ3v) is 4.34. The summed E-state index contributed by atoms with van der Waals surface area (Å²) in [4.78, 5) is 12.3. The molecule has 0 bridgehead atoms. The van der Waals surface area contributed by atoms with Gasteiger partial charge in [-0.25, -0.2) is 0 Å². The molecule has 0 spiro atoms. The number of carbonyl (C=O) groups excluding carboxylic acids is 1. The Kier molecular flexibility index (Phi) is 4.72. The largest absolute Gasteiger partial charge is 0.349 e. The quantitative estimate of drug-likeness (QED) is 0.892. The van der Waals surface area contributed by atoms with Crippen LogP contribution in [-0.4, -0.2) is 5.91 Å². The maximum Gasteiger partial charge on any atom is 0.225 e. The monoisotopic (exact) mass is 288 g/mol. The Morgan fingerprint density at radius 2 is 2.14 bits per heavy atom. The highest BCUT2D eigenvalue weighted by Gasteiger charge is 2.27. The van der Waals surface area contributed by atoms with Gasteiger partial charge in [0.15, 0.2) is 0 Å². The summed E-state index contributed by atoms with van der Waals surface area (Å²) < 4.78 is 0. The maximum absolute atomic E-state index is 12.3. The van der Waals surface area contributed by atoms with Crippen molar-refractivity contribution in [3.05, 3.63) is 34.9 Å². The number of fused-ring (bicyclic) bond motifs is 1. The third-order valence-electron chi connectivity index (χ3n) is 4.34. The van der Waals surface area contributed by atoms with Crippen molar-refractivity contribution in [2.24, 2.45) is 11.1 Å². The van der Waals surface area contributed by atoms with Crippen LogP contribution in [0.4, 0.5) is 0 Å². The number of benzene rings is 1. The SMILES string of the molecule is CCC(N)c1ccc2c(c1)C(NC(=O)C(C)(C)C)CCC2. The van der Waals surface area contributed by atoms with Crippen molar-refractivity contribution in [2.75, 3.05) is 0 Å². The zero-order valence-electron chi connectivity index (χ0n) is 13.7. The summed E-state index contributed by atoms with van der Waals surface area (Å²) in [5.41, 5.74) is 9.60. The molecule has 0 aromatic heterocycles. The molecule has 3 heteroatoms. The molecule has 1 aromatic carbocycles. The Bertz CT molecular complexity index is 516. The zero-order chi connectivity index (χ0) is 15.6. The van der Waals surface area contributed by atoms with Crippen molar-refractivity contribution in [1.29, 1.82) is 0 Å². The molecule has 116 valence electrons. The number of hydrogen-bond acceptors (Lipinski definition) is 2. The number of nitrogens with one attached hydrogen (secondary N) is 1. The average molecular weight is 288 g/mol. The Labute approximate surface area is 128 Å². The van der Waals surface area contributed by atoms with Gasteiger partial charge in [-0.15, -0.1) is 0 Å².